The van der Waals surface area contributed by atoms with E-state index < -0.39 is 0 Å². The third-order valence-corrected chi connectivity index (χ3v) is 4.32. The van der Waals surface area contributed by atoms with Crippen LogP contribution in [0.5, 0.6) is 0 Å². The summed E-state index contributed by atoms with van der Waals surface area (Å²) in [6.45, 7) is 7.06. The molecule has 76 valence electrons. The van der Waals surface area contributed by atoms with E-state index in [2.05, 4.69) is 32.9 Å². The molecule has 2 rings (SSSR count). The summed E-state index contributed by atoms with van der Waals surface area (Å²) in [7, 11) is 0. The van der Waals surface area contributed by atoms with Gasteiger partial charge in [0.15, 0.2) is 0 Å². The van der Waals surface area contributed by atoms with Gasteiger partial charge in [0.2, 0.25) is 0 Å². The summed E-state index contributed by atoms with van der Waals surface area (Å²) in [5, 5.41) is 8.62. The third kappa shape index (κ3) is 1.29. The highest BCUT2D eigenvalue weighted by Gasteiger charge is 2.60. The lowest BCUT2D eigenvalue weighted by Gasteiger charge is -2.20. The zero-order valence-electron chi connectivity index (χ0n) is 9.38. The minimum Gasteiger partial charge on any atom is -0.198 e. The van der Waals surface area contributed by atoms with Crippen molar-refractivity contribution >= 4 is 0 Å². The van der Waals surface area contributed by atoms with Gasteiger partial charge in [-0.1, -0.05) is 32.4 Å². The molecule has 0 saturated heterocycles. The largest absolute Gasteiger partial charge is 0.198 e. The molecule has 0 radical (unpaired) electrons. The predicted molar refractivity (Wildman–Crippen MR) is 57.5 cm³/mol. The first kappa shape index (κ1) is 9.77. The molecule has 1 nitrogen and oxygen atoms in total. The first-order valence-corrected chi connectivity index (χ1v) is 5.66. The summed E-state index contributed by atoms with van der Waals surface area (Å²) in [6, 6.07) is 2.23. The lowest BCUT2D eigenvalue weighted by Crippen LogP contribution is -2.09. The van der Waals surface area contributed by atoms with Crippen molar-refractivity contribution in [3.05, 3.63) is 11.6 Å². The van der Waals surface area contributed by atoms with Crippen molar-refractivity contribution in [1.82, 2.24) is 0 Å². The Hall–Kier alpha value is -0.770. The third-order valence-electron chi connectivity index (χ3n) is 4.32. The molecule has 0 bridgehead atoms. The summed E-state index contributed by atoms with van der Waals surface area (Å²) in [5.74, 6) is 2.41. The van der Waals surface area contributed by atoms with Crippen LogP contribution in [0, 0.1) is 34.5 Å². The fraction of sp³-hybridized carbons (Fsp3) is 0.769. The van der Waals surface area contributed by atoms with Crippen molar-refractivity contribution in [2.45, 2.75) is 40.0 Å². The van der Waals surface area contributed by atoms with E-state index >= 15 is 0 Å². The maximum absolute atomic E-state index is 8.62. The lowest BCUT2D eigenvalue weighted by molar-refractivity contribution is 0.459. The number of nitriles is 1. The number of allylic oxidation sites excluding steroid dienone is 2. The fourth-order valence-corrected chi connectivity index (χ4v) is 3.34. The molecular weight excluding hydrogens is 170 g/mol. The second-order valence-corrected chi connectivity index (χ2v) is 5.45. The van der Waals surface area contributed by atoms with Crippen LogP contribution in [0.15, 0.2) is 11.6 Å². The summed E-state index contributed by atoms with van der Waals surface area (Å²) < 4.78 is 0. The molecule has 0 N–H and O–H groups in total. The van der Waals surface area contributed by atoms with E-state index in [1.54, 1.807) is 5.57 Å². The molecule has 2 saturated carbocycles. The van der Waals surface area contributed by atoms with Crippen molar-refractivity contribution < 1.29 is 0 Å². The average Bonchev–Trinajstić information content (AvgIpc) is 2.68. The van der Waals surface area contributed by atoms with E-state index in [4.69, 9.17) is 5.26 Å². The molecule has 0 aromatic carbocycles. The normalized spacial score (nSPS) is 41.6. The number of rotatable bonds is 1. The number of hydrogen-bond acceptors (Lipinski definition) is 1. The van der Waals surface area contributed by atoms with Crippen LogP contribution in [0.25, 0.3) is 0 Å². The minimum absolute atomic E-state index is 0.520. The zero-order chi connectivity index (χ0) is 10.3. The van der Waals surface area contributed by atoms with Gasteiger partial charge in [0.1, 0.15) is 0 Å². The lowest BCUT2D eigenvalue weighted by atomic mass is 9.85. The van der Waals surface area contributed by atoms with Crippen LogP contribution in [-0.4, -0.2) is 0 Å². The van der Waals surface area contributed by atoms with E-state index in [9.17, 15) is 0 Å². The molecular formula is C13H19N. The Kier molecular flexibility index (Phi) is 2.18. The molecule has 3 atom stereocenters. The molecule has 0 aromatic rings. The molecule has 0 aromatic heterocycles. The van der Waals surface area contributed by atoms with Crippen LogP contribution < -0.4 is 0 Å². The molecule has 0 amide bonds. The molecule has 0 spiro atoms. The Morgan fingerprint density at radius 3 is 2.86 bits per heavy atom. The molecule has 0 heterocycles. The molecule has 14 heavy (non-hydrogen) atoms. The first-order valence-electron chi connectivity index (χ1n) is 5.66. The van der Waals surface area contributed by atoms with Gasteiger partial charge in [-0.25, -0.2) is 0 Å². The van der Waals surface area contributed by atoms with Crippen molar-refractivity contribution in [3.8, 4) is 6.07 Å². The minimum atomic E-state index is 0.520. The van der Waals surface area contributed by atoms with Crippen LogP contribution in [-0.2, 0) is 0 Å². The quantitative estimate of drug-likeness (QED) is 0.579. The van der Waals surface area contributed by atoms with Gasteiger partial charge >= 0.3 is 0 Å². The number of hydrogen-bond donors (Lipinski definition) is 0. The van der Waals surface area contributed by atoms with Gasteiger partial charge in [0.05, 0.1) is 12.5 Å². The maximum atomic E-state index is 8.62. The maximum Gasteiger partial charge on any atom is 0.0663 e. The zero-order valence-corrected chi connectivity index (χ0v) is 9.38. The Labute approximate surface area is 86.8 Å². The van der Waals surface area contributed by atoms with E-state index in [-0.39, 0.29) is 0 Å². The van der Waals surface area contributed by atoms with E-state index in [1.165, 1.54) is 12.8 Å². The Bertz CT molecular complexity index is 306. The highest BCUT2D eigenvalue weighted by molar-refractivity contribution is 5.28. The van der Waals surface area contributed by atoms with E-state index in [1.807, 2.05) is 0 Å². The van der Waals surface area contributed by atoms with Gasteiger partial charge in [-0.05, 0) is 36.0 Å². The van der Waals surface area contributed by atoms with Crippen molar-refractivity contribution in [2.75, 3.05) is 0 Å². The van der Waals surface area contributed by atoms with Crippen molar-refractivity contribution in [3.63, 3.8) is 0 Å². The monoisotopic (exact) mass is 189 g/mol. The second-order valence-electron chi connectivity index (χ2n) is 5.45. The van der Waals surface area contributed by atoms with E-state index in [0.29, 0.717) is 17.8 Å². The fourth-order valence-electron chi connectivity index (χ4n) is 3.34. The van der Waals surface area contributed by atoms with Crippen LogP contribution in [0.4, 0.5) is 0 Å². The molecule has 1 heteroatoms. The molecule has 2 aliphatic rings. The number of nitrogens with zero attached hydrogens (tertiary/aromatic N) is 1. The number of fused-ring (bicyclic) bond motifs is 1. The second kappa shape index (κ2) is 3.12. The van der Waals surface area contributed by atoms with Gasteiger partial charge < -0.3 is 0 Å². The first-order chi connectivity index (χ1) is 6.59. The SMILES string of the molecule is CC1CCC2C(C1=CCC#N)C2(C)C. The average molecular weight is 189 g/mol. The van der Waals surface area contributed by atoms with Gasteiger partial charge in [-0.15, -0.1) is 0 Å². The van der Waals surface area contributed by atoms with Crippen LogP contribution in [0.2, 0.25) is 0 Å². The van der Waals surface area contributed by atoms with Crippen LogP contribution in [0.1, 0.15) is 40.0 Å². The Balaban J connectivity index is 2.18. The van der Waals surface area contributed by atoms with Gasteiger partial charge in [0, 0.05) is 0 Å². The molecule has 3 unspecified atom stereocenters. The van der Waals surface area contributed by atoms with Gasteiger partial charge in [0.25, 0.3) is 0 Å². The summed E-state index contributed by atoms with van der Waals surface area (Å²) >= 11 is 0. The molecule has 0 aliphatic heterocycles. The summed E-state index contributed by atoms with van der Waals surface area (Å²) in [4.78, 5) is 0. The Morgan fingerprint density at radius 1 is 1.50 bits per heavy atom. The van der Waals surface area contributed by atoms with Gasteiger partial charge in [-0.3, -0.25) is 0 Å². The van der Waals surface area contributed by atoms with Crippen molar-refractivity contribution in [1.29, 1.82) is 5.26 Å². The summed E-state index contributed by atoms with van der Waals surface area (Å²) in [6.07, 6.45) is 5.50. The smallest absolute Gasteiger partial charge is 0.0663 e. The van der Waals surface area contributed by atoms with Gasteiger partial charge in [-0.2, -0.15) is 5.26 Å². The molecule has 2 aliphatic carbocycles. The predicted octanol–water partition coefficient (Wildman–Crippen LogP) is 3.53. The highest BCUT2D eigenvalue weighted by Crippen LogP contribution is 2.67. The van der Waals surface area contributed by atoms with Crippen LogP contribution >= 0.6 is 0 Å². The topological polar surface area (TPSA) is 23.8 Å². The van der Waals surface area contributed by atoms with E-state index in [0.717, 1.165) is 11.8 Å². The molecule has 2 fully saturated rings. The standard InChI is InChI=1S/C13H19N/c1-9-6-7-11-12(13(11,2)3)10(9)5-4-8-14/h5,9,11-12H,4,6-7H2,1-3H3. The Morgan fingerprint density at radius 2 is 2.21 bits per heavy atom. The summed E-state index contributed by atoms with van der Waals surface area (Å²) in [5.41, 5.74) is 2.10. The van der Waals surface area contributed by atoms with Crippen LogP contribution in [0.3, 0.4) is 0 Å². The highest BCUT2D eigenvalue weighted by atomic mass is 14.6. The van der Waals surface area contributed by atoms with Crippen molar-refractivity contribution in [2.24, 2.45) is 23.2 Å².